The van der Waals surface area contributed by atoms with E-state index in [9.17, 15) is 0 Å². The molecule has 0 aliphatic rings. The van der Waals surface area contributed by atoms with E-state index in [0.717, 1.165) is 32.7 Å². The first-order chi connectivity index (χ1) is 7.39. The SMILES string of the molecule is CCCOCC(C)(COC(C)C)CC(C)C. The largest absolute Gasteiger partial charge is 0.381 e. The van der Waals surface area contributed by atoms with E-state index in [2.05, 4.69) is 41.5 Å². The van der Waals surface area contributed by atoms with Crippen LogP contribution in [0.3, 0.4) is 0 Å². The highest BCUT2D eigenvalue weighted by Crippen LogP contribution is 2.27. The van der Waals surface area contributed by atoms with Crippen LogP contribution in [0.4, 0.5) is 0 Å². The Labute approximate surface area is 102 Å². The van der Waals surface area contributed by atoms with Gasteiger partial charge in [0.25, 0.3) is 0 Å². The summed E-state index contributed by atoms with van der Waals surface area (Å²) in [5.74, 6) is 0.686. The molecule has 2 heteroatoms. The molecule has 0 radical (unpaired) electrons. The lowest BCUT2D eigenvalue weighted by Crippen LogP contribution is -2.32. The molecule has 2 nitrogen and oxygen atoms in total. The Kier molecular flexibility index (Phi) is 8.04. The third kappa shape index (κ3) is 8.12. The van der Waals surface area contributed by atoms with Crippen molar-refractivity contribution >= 4 is 0 Å². The molecule has 0 fully saturated rings. The molecule has 0 spiro atoms. The average molecular weight is 230 g/mol. The fourth-order valence-corrected chi connectivity index (χ4v) is 1.98. The average Bonchev–Trinajstić information content (AvgIpc) is 2.14. The molecule has 0 heterocycles. The van der Waals surface area contributed by atoms with Crippen molar-refractivity contribution in [1.82, 2.24) is 0 Å². The molecule has 0 rings (SSSR count). The van der Waals surface area contributed by atoms with Gasteiger partial charge in [0, 0.05) is 12.0 Å². The highest BCUT2D eigenvalue weighted by molar-refractivity contribution is 4.75. The Morgan fingerprint density at radius 2 is 1.69 bits per heavy atom. The first kappa shape index (κ1) is 15.9. The Morgan fingerprint density at radius 1 is 1.06 bits per heavy atom. The molecular formula is C14H30O2. The van der Waals surface area contributed by atoms with Gasteiger partial charge < -0.3 is 9.47 Å². The van der Waals surface area contributed by atoms with Gasteiger partial charge in [0.05, 0.1) is 19.3 Å². The third-order valence-corrected chi connectivity index (χ3v) is 2.47. The Bertz CT molecular complexity index is 166. The monoisotopic (exact) mass is 230 g/mol. The first-order valence-corrected chi connectivity index (χ1v) is 6.59. The Morgan fingerprint density at radius 3 is 2.12 bits per heavy atom. The van der Waals surface area contributed by atoms with Gasteiger partial charge in [0.15, 0.2) is 0 Å². The van der Waals surface area contributed by atoms with Crippen LogP contribution in [0, 0.1) is 11.3 Å². The van der Waals surface area contributed by atoms with E-state index in [1.165, 1.54) is 0 Å². The number of hydrogen-bond donors (Lipinski definition) is 0. The molecule has 0 N–H and O–H groups in total. The quantitative estimate of drug-likeness (QED) is 0.559. The number of hydrogen-bond acceptors (Lipinski definition) is 2. The van der Waals surface area contributed by atoms with Gasteiger partial charge in [-0.2, -0.15) is 0 Å². The summed E-state index contributed by atoms with van der Waals surface area (Å²) >= 11 is 0. The highest BCUT2D eigenvalue weighted by Gasteiger charge is 2.26. The van der Waals surface area contributed by atoms with Crippen LogP contribution in [0.1, 0.15) is 54.4 Å². The van der Waals surface area contributed by atoms with E-state index in [1.54, 1.807) is 0 Å². The minimum Gasteiger partial charge on any atom is -0.381 e. The van der Waals surface area contributed by atoms with E-state index in [0.29, 0.717) is 12.0 Å². The fraction of sp³-hybridized carbons (Fsp3) is 1.00. The number of rotatable bonds is 9. The van der Waals surface area contributed by atoms with E-state index in [1.807, 2.05) is 0 Å². The van der Waals surface area contributed by atoms with Gasteiger partial charge in [-0.15, -0.1) is 0 Å². The van der Waals surface area contributed by atoms with Crippen LogP contribution in [0.15, 0.2) is 0 Å². The van der Waals surface area contributed by atoms with E-state index in [-0.39, 0.29) is 5.41 Å². The molecule has 0 aliphatic heterocycles. The lowest BCUT2D eigenvalue weighted by molar-refractivity contribution is -0.0415. The maximum atomic E-state index is 5.76. The van der Waals surface area contributed by atoms with Crippen molar-refractivity contribution in [2.45, 2.75) is 60.5 Å². The molecule has 0 aromatic carbocycles. The molecule has 0 aromatic heterocycles. The zero-order valence-electron chi connectivity index (χ0n) is 12.0. The van der Waals surface area contributed by atoms with Crippen LogP contribution in [0.5, 0.6) is 0 Å². The van der Waals surface area contributed by atoms with Gasteiger partial charge in [-0.05, 0) is 32.6 Å². The van der Waals surface area contributed by atoms with E-state index < -0.39 is 0 Å². The maximum absolute atomic E-state index is 5.76. The summed E-state index contributed by atoms with van der Waals surface area (Å²) in [5, 5.41) is 0. The van der Waals surface area contributed by atoms with Crippen LogP contribution in [0.2, 0.25) is 0 Å². The molecule has 16 heavy (non-hydrogen) atoms. The van der Waals surface area contributed by atoms with Crippen LogP contribution in [0.25, 0.3) is 0 Å². The second-order valence-corrected chi connectivity index (χ2v) is 5.82. The van der Waals surface area contributed by atoms with Gasteiger partial charge in [-0.25, -0.2) is 0 Å². The summed E-state index contributed by atoms with van der Waals surface area (Å²) in [6, 6.07) is 0. The van der Waals surface area contributed by atoms with E-state index in [4.69, 9.17) is 9.47 Å². The standard InChI is InChI=1S/C14H30O2/c1-7-8-15-10-14(6,9-12(2)3)11-16-13(4)5/h12-13H,7-11H2,1-6H3. The molecule has 0 saturated carbocycles. The summed E-state index contributed by atoms with van der Waals surface area (Å²) in [6.45, 7) is 15.6. The molecule has 0 bridgehead atoms. The van der Waals surface area contributed by atoms with Crippen molar-refractivity contribution in [1.29, 1.82) is 0 Å². The lowest BCUT2D eigenvalue weighted by atomic mass is 9.83. The van der Waals surface area contributed by atoms with Gasteiger partial charge in [0.1, 0.15) is 0 Å². The normalized spacial score (nSPS) is 15.8. The zero-order chi connectivity index (χ0) is 12.6. The minimum absolute atomic E-state index is 0.160. The van der Waals surface area contributed by atoms with Crippen LogP contribution in [-0.4, -0.2) is 25.9 Å². The summed E-state index contributed by atoms with van der Waals surface area (Å²) in [6.07, 6.45) is 2.55. The van der Waals surface area contributed by atoms with Gasteiger partial charge >= 0.3 is 0 Å². The van der Waals surface area contributed by atoms with Crippen molar-refractivity contribution in [2.75, 3.05) is 19.8 Å². The van der Waals surface area contributed by atoms with Gasteiger partial charge in [0.2, 0.25) is 0 Å². The maximum Gasteiger partial charge on any atom is 0.0545 e. The van der Waals surface area contributed by atoms with Gasteiger partial charge in [-0.1, -0.05) is 27.7 Å². The second kappa shape index (κ2) is 8.08. The molecule has 98 valence electrons. The molecule has 0 aliphatic carbocycles. The molecule has 0 saturated heterocycles. The minimum atomic E-state index is 0.160. The van der Waals surface area contributed by atoms with Crippen molar-refractivity contribution in [3.8, 4) is 0 Å². The van der Waals surface area contributed by atoms with Crippen molar-refractivity contribution < 1.29 is 9.47 Å². The van der Waals surface area contributed by atoms with Crippen molar-refractivity contribution in [3.05, 3.63) is 0 Å². The number of ether oxygens (including phenoxy) is 2. The fourth-order valence-electron chi connectivity index (χ4n) is 1.98. The predicted octanol–water partition coefficient (Wildman–Crippen LogP) is 3.89. The topological polar surface area (TPSA) is 18.5 Å². The summed E-state index contributed by atoms with van der Waals surface area (Å²) < 4.78 is 11.5. The Hall–Kier alpha value is -0.0800. The molecular weight excluding hydrogens is 200 g/mol. The Balaban J connectivity index is 4.12. The molecule has 0 amide bonds. The van der Waals surface area contributed by atoms with Crippen LogP contribution < -0.4 is 0 Å². The predicted molar refractivity (Wildman–Crippen MR) is 69.8 cm³/mol. The first-order valence-electron chi connectivity index (χ1n) is 6.59. The second-order valence-electron chi connectivity index (χ2n) is 5.82. The molecule has 0 aromatic rings. The molecule has 1 unspecified atom stereocenters. The van der Waals surface area contributed by atoms with Crippen LogP contribution in [-0.2, 0) is 9.47 Å². The molecule has 1 atom stereocenters. The highest BCUT2D eigenvalue weighted by atomic mass is 16.5. The van der Waals surface area contributed by atoms with Crippen molar-refractivity contribution in [2.24, 2.45) is 11.3 Å². The summed E-state index contributed by atoms with van der Waals surface area (Å²) in [7, 11) is 0. The lowest BCUT2D eigenvalue weighted by Gasteiger charge is -2.31. The smallest absolute Gasteiger partial charge is 0.0545 e. The van der Waals surface area contributed by atoms with Crippen molar-refractivity contribution in [3.63, 3.8) is 0 Å². The van der Waals surface area contributed by atoms with Gasteiger partial charge in [-0.3, -0.25) is 0 Å². The zero-order valence-corrected chi connectivity index (χ0v) is 12.0. The third-order valence-electron chi connectivity index (χ3n) is 2.47. The van der Waals surface area contributed by atoms with Crippen LogP contribution >= 0.6 is 0 Å². The summed E-state index contributed by atoms with van der Waals surface area (Å²) in [5.41, 5.74) is 0.160. The summed E-state index contributed by atoms with van der Waals surface area (Å²) in [4.78, 5) is 0. The van der Waals surface area contributed by atoms with E-state index >= 15 is 0 Å².